The fourth-order valence-corrected chi connectivity index (χ4v) is 7.42. The molecule has 0 radical (unpaired) electrons. The van der Waals surface area contributed by atoms with Gasteiger partial charge in [-0.15, -0.1) is 0 Å². The molecule has 3 aromatic heterocycles. The van der Waals surface area contributed by atoms with Gasteiger partial charge in [0.05, 0.1) is 22.3 Å². The lowest BCUT2D eigenvalue weighted by Crippen LogP contribution is -1.94. The third-order valence-corrected chi connectivity index (χ3v) is 9.46. The van der Waals surface area contributed by atoms with Crippen LogP contribution in [-0.2, 0) is 0 Å². The number of nitrogens with zero attached hydrogens (tertiary/aromatic N) is 2. The number of para-hydroxylation sites is 3. The first-order chi connectivity index (χ1) is 23.3. The minimum absolute atomic E-state index is 0.504. The average Bonchev–Trinajstić information content (AvgIpc) is 3.81. The van der Waals surface area contributed by atoms with Crippen molar-refractivity contribution >= 4 is 65.7 Å². The third kappa shape index (κ3) is 3.63. The second kappa shape index (κ2) is 9.71. The van der Waals surface area contributed by atoms with Gasteiger partial charge in [0.25, 0.3) is 0 Å². The van der Waals surface area contributed by atoms with Crippen molar-refractivity contribution in [3.63, 3.8) is 0 Å². The standard InChI is InChI=1S/C43H24N2O2/c44-25-28-20-22-31(30-14-9-19-39-40(30)32-13-5-7-18-38(32)46-39)41-33-15-8-17-37(43(33)47-42(28)41)45-35-16-6-4-12-29(35)34-24-27(21-23-36(34)45)26-10-2-1-3-11-26/h1-24H. The number of aromatic nitrogens is 1. The normalized spacial score (nSPS) is 11.8. The quantitative estimate of drug-likeness (QED) is 0.203. The Labute approximate surface area is 268 Å². The van der Waals surface area contributed by atoms with E-state index < -0.39 is 0 Å². The van der Waals surface area contributed by atoms with Crippen molar-refractivity contribution in [2.24, 2.45) is 0 Å². The van der Waals surface area contributed by atoms with E-state index in [9.17, 15) is 5.26 Å². The van der Waals surface area contributed by atoms with Crippen LogP contribution in [0.3, 0.4) is 0 Å². The van der Waals surface area contributed by atoms with Gasteiger partial charge in [0, 0.05) is 32.3 Å². The predicted molar refractivity (Wildman–Crippen MR) is 191 cm³/mol. The maximum absolute atomic E-state index is 10.2. The van der Waals surface area contributed by atoms with Crippen molar-refractivity contribution in [2.45, 2.75) is 0 Å². The number of fused-ring (bicyclic) bond motifs is 9. The van der Waals surface area contributed by atoms with Gasteiger partial charge in [-0.25, -0.2) is 0 Å². The molecule has 4 nitrogen and oxygen atoms in total. The van der Waals surface area contributed by atoms with Gasteiger partial charge in [0.1, 0.15) is 17.2 Å². The number of nitriles is 1. The van der Waals surface area contributed by atoms with E-state index in [4.69, 9.17) is 8.83 Å². The SMILES string of the molecule is N#Cc1ccc(-c2cccc3oc4ccccc4c23)c2c1oc1c(-n3c4ccccc4c4cc(-c5ccccc5)ccc43)cccc12. The van der Waals surface area contributed by atoms with Crippen molar-refractivity contribution in [2.75, 3.05) is 0 Å². The van der Waals surface area contributed by atoms with Crippen molar-refractivity contribution in [1.29, 1.82) is 5.26 Å². The maximum Gasteiger partial charge on any atom is 0.159 e. The van der Waals surface area contributed by atoms with E-state index in [0.29, 0.717) is 11.1 Å². The van der Waals surface area contributed by atoms with Gasteiger partial charge in [-0.1, -0.05) is 103 Å². The van der Waals surface area contributed by atoms with Gasteiger partial charge in [-0.2, -0.15) is 5.26 Å². The molecular formula is C43H24N2O2. The van der Waals surface area contributed by atoms with Crippen LogP contribution < -0.4 is 0 Å². The molecule has 0 saturated heterocycles. The zero-order valence-corrected chi connectivity index (χ0v) is 25.1. The molecule has 0 aliphatic heterocycles. The molecule has 3 heterocycles. The zero-order chi connectivity index (χ0) is 31.1. The molecule has 0 amide bonds. The van der Waals surface area contributed by atoms with Crippen LogP contribution in [0.4, 0.5) is 0 Å². The molecule has 0 bridgehead atoms. The number of rotatable bonds is 3. The smallest absolute Gasteiger partial charge is 0.159 e. The predicted octanol–water partition coefficient (Wildman–Crippen LogP) is 11.8. The molecule has 0 N–H and O–H groups in total. The molecule has 4 heteroatoms. The van der Waals surface area contributed by atoms with E-state index in [-0.39, 0.29) is 0 Å². The summed E-state index contributed by atoms with van der Waals surface area (Å²) in [5, 5.41) is 16.6. The summed E-state index contributed by atoms with van der Waals surface area (Å²) < 4.78 is 15.3. The Bertz CT molecular complexity index is 2920. The topological polar surface area (TPSA) is 55.0 Å². The lowest BCUT2D eigenvalue weighted by atomic mass is 9.94. The highest BCUT2D eigenvalue weighted by Gasteiger charge is 2.23. The zero-order valence-electron chi connectivity index (χ0n) is 25.1. The molecule has 0 aliphatic carbocycles. The maximum atomic E-state index is 10.2. The van der Waals surface area contributed by atoms with Crippen LogP contribution in [-0.4, -0.2) is 4.57 Å². The fraction of sp³-hybridized carbons (Fsp3) is 0. The first kappa shape index (κ1) is 25.7. The summed E-state index contributed by atoms with van der Waals surface area (Å²) >= 11 is 0. The van der Waals surface area contributed by atoms with Gasteiger partial charge >= 0.3 is 0 Å². The summed E-state index contributed by atoms with van der Waals surface area (Å²) in [6.45, 7) is 0. The summed E-state index contributed by atoms with van der Waals surface area (Å²) in [7, 11) is 0. The van der Waals surface area contributed by atoms with E-state index in [2.05, 4.69) is 108 Å². The molecule has 0 fully saturated rings. The van der Waals surface area contributed by atoms with E-state index in [1.54, 1.807) is 0 Å². The van der Waals surface area contributed by atoms with Crippen LogP contribution in [0.25, 0.3) is 93.6 Å². The lowest BCUT2D eigenvalue weighted by Gasteiger charge is -2.09. The molecule has 0 atom stereocenters. The summed E-state index contributed by atoms with van der Waals surface area (Å²) in [5.41, 5.74) is 11.0. The number of benzene rings is 7. The van der Waals surface area contributed by atoms with Crippen molar-refractivity contribution in [3.8, 4) is 34.0 Å². The molecule has 7 aromatic carbocycles. The highest BCUT2D eigenvalue weighted by atomic mass is 16.3. The van der Waals surface area contributed by atoms with Crippen molar-refractivity contribution in [3.05, 3.63) is 151 Å². The fourth-order valence-electron chi connectivity index (χ4n) is 7.42. The second-order valence-corrected chi connectivity index (χ2v) is 12.0. The van der Waals surface area contributed by atoms with Crippen LogP contribution >= 0.6 is 0 Å². The summed E-state index contributed by atoms with van der Waals surface area (Å²) in [5.74, 6) is 0. The van der Waals surface area contributed by atoms with Gasteiger partial charge in [-0.3, -0.25) is 0 Å². The molecule has 0 saturated carbocycles. The number of hydrogen-bond acceptors (Lipinski definition) is 3. The molecule has 10 aromatic rings. The number of hydrogen-bond donors (Lipinski definition) is 0. The molecule has 47 heavy (non-hydrogen) atoms. The van der Waals surface area contributed by atoms with Gasteiger partial charge < -0.3 is 13.4 Å². The van der Waals surface area contributed by atoms with Crippen LogP contribution in [0.15, 0.2) is 154 Å². The second-order valence-electron chi connectivity index (χ2n) is 12.0. The lowest BCUT2D eigenvalue weighted by molar-refractivity contribution is 0.665. The largest absolute Gasteiger partial charge is 0.456 e. The Hall–Kier alpha value is -6.57. The molecule has 0 unspecified atom stereocenters. The summed E-state index contributed by atoms with van der Waals surface area (Å²) in [6.07, 6.45) is 0. The molecule has 0 aliphatic rings. The Kier molecular flexibility index (Phi) is 5.32. The Morgan fingerprint density at radius 3 is 2.09 bits per heavy atom. The molecule has 0 spiro atoms. The monoisotopic (exact) mass is 600 g/mol. The first-order valence-corrected chi connectivity index (χ1v) is 15.7. The van der Waals surface area contributed by atoms with Gasteiger partial charge in [-0.05, 0) is 64.7 Å². The Morgan fingerprint density at radius 2 is 1.19 bits per heavy atom. The Morgan fingerprint density at radius 1 is 0.468 bits per heavy atom. The van der Waals surface area contributed by atoms with Crippen molar-refractivity contribution < 1.29 is 8.83 Å². The van der Waals surface area contributed by atoms with E-state index in [1.807, 2.05) is 48.5 Å². The minimum Gasteiger partial charge on any atom is -0.456 e. The van der Waals surface area contributed by atoms with Crippen LogP contribution in [0, 0.1) is 11.3 Å². The third-order valence-electron chi connectivity index (χ3n) is 9.46. The van der Waals surface area contributed by atoms with Gasteiger partial charge in [0.2, 0.25) is 0 Å². The summed E-state index contributed by atoms with van der Waals surface area (Å²) in [4.78, 5) is 0. The van der Waals surface area contributed by atoms with E-state index in [1.165, 1.54) is 21.9 Å². The van der Waals surface area contributed by atoms with Crippen LogP contribution in [0.1, 0.15) is 5.56 Å². The molecule has 218 valence electrons. The van der Waals surface area contributed by atoms with Crippen LogP contribution in [0.5, 0.6) is 0 Å². The molecule has 10 rings (SSSR count). The highest BCUT2D eigenvalue weighted by Crippen LogP contribution is 2.45. The molecular weight excluding hydrogens is 576 g/mol. The number of furan rings is 2. The van der Waals surface area contributed by atoms with E-state index in [0.717, 1.165) is 66.1 Å². The van der Waals surface area contributed by atoms with Crippen LogP contribution in [0.2, 0.25) is 0 Å². The minimum atomic E-state index is 0.504. The Balaban J connectivity index is 1.29. The van der Waals surface area contributed by atoms with Gasteiger partial charge in [0.15, 0.2) is 11.2 Å². The summed E-state index contributed by atoms with van der Waals surface area (Å²) in [6, 6.07) is 52.6. The first-order valence-electron chi connectivity index (χ1n) is 15.7. The highest BCUT2D eigenvalue weighted by molar-refractivity contribution is 6.21. The average molecular weight is 601 g/mol. The van der Waals surface area contributed by atoms with E-state index >= 15 is 0 Å². The van der Waals surface area contributed by atoms with Crippen molar-refractivity contribution in [1.82, 2.24) is 4.57 Å².